The summed E-state index contributed by atoms with van der Waals surface area (Å²) in [5.74, 6) is 0.775. The van der Waals surface area contributed by atoms with Crippen molar-refractivity contribution in [2.24, 2.45) is 0 Å². The third-order valence-corrected chi connectivity index (χ3v) is 1.98. The lowest BCUT2D eigenvalue weighted by Crippen LogP contribution is -2.36. The normalized spacial score (nSPS) is 18.1. The highest BCUT2D eigenvalue weighted by Gasteiger charge is 2.08. The number of rotatable bonds is 3. The monoisotopic (exact) mass is 259 g/mol. The molecule has 5 nitrogen and oxygen atoms in total. The van der Waals surface area contributed by atoms with E-state index in [2.05, 4.69) is 4.90 Å². The maximum atomic E-state index is 9.19. The van der Waals surface area contributed by atoms with Gasteiger partial charge >= 0.3 is 0 Å². The molecule has 0 aromatic heterocycles. The lowest BCUT2D eigenvalue weighted by Gasteiger charge is -2.25. The molecule has 0 aromatic carbocycles. The van der Waals surface area contributed by atoms with E-state index in [-0.39, 0.29) is 0 Å². The first kappa shape index (κ1) is 15.1. The van der Waals surface area contributed by atoms with E-state index in [1.54, 1.807) is 0 Å². The highest BCUT2D eigenvalue weighted by atomic mass is 35.5. The number of morpholine rings is 1. The third kappa shape index (κ3) is 14.1. The number of hydrogen-bond donors (Lipinski definition) is 1. The van der Waals surface area contributed by atoms with Crippen molar-refractivity contribution in [1.29, 1.82) is 0 Å². The zero-order valence-corrected chi connectivity index (χ0v) is 10.4. The minimum Gasteiger partial charge on any atom is -0.379 e. The highest BCUT2D eigenvalue weighted by Crippen LogP contribution is 1.98. The Labute approximate surface area is 96.1 Å². The molecule has 1 rings (SSSR count). The summed E-state index contributed by atoms with van der Waals surface area (Å²) in [6.45, 7) is 5.07. The maximum Gasteiger partial charge on any atom is 0.261 e. The number of halogens is 1. The highest BCUT2D eigenvalue weighted by molar-refractivity contribution is 7.85. The van der Waals surface area contributed by atoms with E-state index in [0.717, 1.165) is 45.1 Å². The van der Waals surface area contributed by atoms with E-state index in [0.29, 0.717) is 6.26 Å². The molecule has 1 aliphatic rings. The summed E-state index contributed by atoms with van der Waals surface area (Å²) >= 11 is 5.56. The Morgan fingerprint density at radius 1 is 1.40 bits per heavy atom. The van der Waals surface area contributed by atoms with Crippen LogP contribution < -0.4 is 0 Å². The van der Waals surface area contributed by atoms with Crippen molar-refractivity contribution in [3.63, 3.8) is 0 Å². The molecule has 1 saturated heterocycles. The van der Waals surface area contributed by atoms with Crippen molar-refractivity contribution in [2.45, 2.75) is 6.42 Å². The first-order valence-electron chi connectivity index (χ1n) is 4.72. The van der Waals surface area contributed by atoms with Crippen LogP contribution in [0.25, 0.3) is 0 Å². The molecule has 0 saturated carbocycles. The van der Waals surface area contributed by atoms with Crippen LogP contribution in [0.15, 0.2) is 0 Å². The van der Waals surface area contributed by atoms with E-state index in [1.165, 1.54) is 0 Å². The van der Waals surface area contributed by atoms with Gasteiger partial charge in [-0.2, -0.15) is 8.42 Å². The largest absolute Gasteiger partial charge is 0.379 e. The summed E-state index contributed by atoms with van der Waals surface area (Å²) in [6, 6.07) is 0. The lowest BCUT2D eigenvalue weighted by atomic mass is 10.4. The Kier molecular flexibility index (Phi) is 8.36. The average Bonchev–Trinajstić information content (AvgIpc) is 2.14. The molecule has 1 N–H and O–H groups in total. The Morgan fingerprint density at radius 2 is 1.87 bits per heavy atom. The summed E-state index contributed by atoms with van der Waals surface area (Å²) in [5.41, 5.74) is 0. The second-order valence-corrected chi connectivity index (χ2v) is 5.07. The van der Waals surface area contributed by atoms with Gasteiger partial charge in [0.1, 0.15) is 0 Å². The maximum absolute atomic E-state index is 9.19. The van der Waals surface area contributed by atoms with Gasteiger partial charge in [-0.1, -0.05) is 0 Å². The predicted octanol–water partition coefficient (Wildman–Crippen LogP) is 0.452. The van der Waals surface area contributed by atoms with Crippen molar-refractivity contribution in [3.8, 4) is 0 Å². The minimum atomic E-state index is -3.67. The molecule has 92 valence electrons. The van der Waals surface area contributed by atoms with Crippen LogP contribution in [0.5, 0.6) is 0 Å². The molecule has 0 aromatic rings. The van der Waals surface area contributed by atoms with Gasteiger partial charge in [0, 0.05) is 19.0 Å². The first-order valence-corrected chi connectivity index (χ1v) is 7.10. The fraction of sp³-hybridized carbons (Fsp3) is 1.00. The predicted molar refractivity (Wildman–Crippen MR) is 60.1 cm³/mol. The molecule has 1 aliphatic heterocycles. The number of hydrogen-bond acceptors (Lipinski definition) is 4. The Morgan fingerprint density at radius 3 is 2.27 bits per heavy atom. The van der Waals surface area contributed by atoms with Gasteiger partial charge in [-0.15, -0.1) is 11.6 Å². The van der Waals surface area contributed by atoms with E-state index >= 15 is 0 Å². The van der Waals surface area contributed by atoms with Crippen LogP contribution in [-0.4, -0.2) is 62.9 Å². The van der Waals surface area contributed by atoms with E-state index in [9.17, 15) is 8.42 Å². The molecule has 0 spiro atoms. The molecule has 0 aliphatic carbocycles. The summed E-state index contributed by atoms with van der Waals surface area (Å²) in [7, 11) is -3.67. The van der Waals surface area contributed by atoms with Gasteiger partial charge in [0.2, 0.25) is 0 Å². The summed E-state index contributed by atoms with van der Waals surface area (Å²) < 4.78 is 31.1. The molecule has 0 radical (unpaired) electrons. The molecular weight excluding hydrogens is 242 g/mol. The molecule has 1 heterocycles. The molecule has 15 heavy (non-hydrogen) atoms. The number of alkyl halides is 1. The van der Waals surface area contributed by atoms with Gasteiger partial charge in [0.15, 0.2) is 0 Å². The molecule has 0 atom stereocenters. The van der Waals surface area contributed by atoms with Crippen LogP contribution >= 0.6 is 11.6 Å². The van der Waals surface area contributed by atoms with Gasteiger partial charge in [-0.3, -0.25) is 9.45 Å². The summed E-state index contributed by atoms with van der Waals surface area (Å²) in [4.78, 5) is 2.39. The smallest absolute Gasteiger partial charge is 0.261 e. The standard InChI is InChI=1S/C7H14ClNO.CH4O3S/c8-2-1-3-9-4-6-10-7-5-9;1-5(2,3)4/h1-7H2;1H3,(H,2,3,4). The van der Waals surface area contributed by atoms with E-state index in [4.69, 9.17) is 20.9 Å². The molecule has 0 bridgehead atoms. The Bertz CT molecular complexity index is 231. The van der Waals surface area contributed by atoms with Crippen molar-refractivity contribution in [3.05, 3.63) is 0 Å². The van der Waals surface area contributed by atoms with Gasteiger partial charge in [-0.05, 0) is 13.0 Å². The third-order valence-electron chi connectivity index (χ3n) is 1.71. The molecule has 0 unspecified atom stereocenters. The van der Waals surface area contributed by atoms with Crippen molar-refractivity contribution < 1.29 is 17.7 Å². The van der Waals surface area contributed by atoms with E-state index in [1.807, 2.05) is 0 Å². The van der Waals surface area contributed by atoms with Crippen LogP contribution in [0.4, 0.5) is 0 Å². The van der Waals surface area contributed by atoms with Crippen LogP contribution in [-0.2, 0) is 14.9 Å². The van der Waals surface area contributed by atoms with Crippen molar-refractivity contribution >= 4 is 21.7 Å². The van der Waals surface area contributed by atoms with Crippen LogP contribution in [0.3, 0.4) is 0 Å². The van der Waals surface area contributed by atoms with Gasteiger partial charge in [0.25, 0.3) is 10.1 Å². The Balaban J connectivity index is 0.000000336. The average molecular weight is 260 g/mol. The SMILES string of the molecule is CS(=O)(=O)O.ClCCCN1CCOCC1. The zero-order valence-electron chi connectivity index (χ0n) is 8.86. The minimum absolute atomic E-state index is 0.715. The number of nitrogens with zero attached hydrogens (tertiary/aromatic N) is 1. The van der Waals surface area contributed by atoms with Crippen LogP contribution in [0, 0.1) is 0 Å². The van der Waals surface area contributed by atoms with Gasteiger partial charge in [0.05, 0.1) is 19.5 Å². The van der Waals surface area contributed by atoms with E-state index < -0.39 is 10.1 Å². The first-order chi connectivity index (χ1) is 6.93. The van der Waals surface area contributed by atoms with Crippen molar-refractivity contribution in [2.75, 3.05) is 45.0 Å². The molecule has 0 amide bonds. The summed E-state index contributed by atoms with van der Waals surface area (Å²) in [5, 5.41) is 0. The van der Waals surface area contributed by atoms with Gasteiger partial charge in [-0.25, -0.2) is 0 Å². The topological polar surface area (TPSA) is 66.8 Å². The molecular formula is C8H18ClNO4S. The fourth-order valence-electron chi connectivity index (χ4n) is 1.11. The summed E-state index contributed by atoms with van der Waals surface area (Å²) in [6.07, 6.45) is 1.81. The molecule has 1 fully saturated rings. The lowest BCUT2D eigenvalue weighted by molar-refractivity contribution is 0.0381. The second-order valence-electron chi connectivity index (χ2n) is 3.23. The van der Waals surface area contributed by atoms with Crippen LogP contribution in [0.2, 0.25) is 0 Å². The zero-order chi connectivity index (χ0) is 11.7. The Hall–Kier alpha value is 0.120. The fourth-order valence-corrected chi connectivity index (χ4v) is 1.23. The number of ether oxygens (including phenoxy) is 1. The molecule has 7 heteroatoms. The van der Waals surface area contributed by atoms with Crippen LogP contribution in [0.1, 0.15) is 6.42 Å². The quantitative estimate of drug-likeness (QED) is 0.589. The second kappa shape index (κ2) is 8.29. The van der Waals surface area contributed by atoms with Gasteiger partial charge < -0.3 is 4.74 Å². The van der Waals surface area contributed by atoms with Crippen molar-refractivity contribution in [1.82, 2.24) is 4.90 Å².